The van der Waals surface area contributed by atoms with Crippen LogP contribution in [0.4, 0.5) is 0 Å². The second-order valence-electron chi connectivity index (χ2n) is 5.83. The van der Waals surface area contributed by atoms with Crippen LogP contribution >= 0.6 is 0 Å². The normalized spacial score (nSPS) is 31.5. The Bertz CT molecular complexity index is 430. The van der Waals surface area contributed by atoms with Gasteiger partial charge in [-0.05, 0) is 37.2 Å². The van der Waals surface area contributed by atoms with E-state index in [0.717, 1.165) is 19.5 Å². The van der Waals surface area contributed by atoms with E-state index in [1.54, 1.807) is 10.9 Å². The second-order valence-corrected chi connectivity index (χ2v) is 5.83. The van der Waals surface area contributed by atoms with Crippen LogP contribution < -0.4 is 5.73 Å². The third kappa shape index (κ3) is 2.16. The average Bonchev–Trinajstić information content (AvgIpc) is 2.97. The largest absolute Gasteiger partial charge is 0.340 e. The van der Waals surface area contributed by atoms with Gasteiger partial charge in [0.15, 0.2) is 0 Å². The number of piperidine rings is 1. The Labute approximate surface area is 113 Å². The van der Waals surface area contributed by atoms with Crippen molar-refractivity contribution in [3.8, 4) is 0 Å². The lowest BCUT2D eigenvalue weighted by atomic mass is 9.92. The fraction of sp³-hybridized carbons (Fsp3) is 0.714. The lowest BCUT2D eigenvalue weighted by Gasteiger charge is -2.37. The molecule has 0 spiro atoms. The summed E-state index contributed by atoms with van der Waals surface area (Å²) in [6.07, 6.45) is 6.73. The van der Waals surface area contributed by atoms with E-state index >= 15 is 0 Å². The van der Waals surface area contributed by atoms with Gasteiger partial charge in [0.2, 0.25) is 5.91 Å². The molecule has 2 aliphatic rings. The number of carbonyl (C=O) groups is 1. The van der Waals surface area contributed by atoms with Crippen LogP contribution in [0.2, 0.25) is 0 Å². The Morgan fingerprint density at radius 3 is 2.63 bits per heavy atom. The molecule has 2 N–H and O–H groups in total. The van der Waals surface area contributed by atoms with Gasteiger partial charge in [0.25, 0.3) is 0 Å². The van der Waals surface area contributed by atoms with Crippen molar-refractivity contribution in [2.45, 2.75) is 38.3 Å². The molecule has 0 aromatic carbocycles. The topological polar surface area (TPSA) is 64.2 Å². The molecule has 2 bridgehead atoms. The van der Waals surface area contributed by atoms with Gasteiger partial charge in [-0.1, -0.05) is 6.92 Å². The smallest absolute Gasteiger partial charge is 0.247 e. The van der Waals surface area contributed by atoms with Crippen LogP contribution in [0.25, 0.3) is 0 Å². The Kier molecular flexibility index (Phi) is 3.31. The lowest BCUT2D eigenvalue weighted by molar-refractivity contribution is -0.137. The maximum absolute atomic E-state index is 12.7. The zero-order valence-corrected chi connectivity index (χ0v) is 11.4. The van der Waals surface area contributed by atoms with E-state index in [2.05, 4.69) is 5.10 Å². The van der Waals surface area contributed by atoms with Gasteiger partial charge >= 0.3 is 0 Å². The van der Waals surface area contributed by atoms with E-state index in [0.29, 0.717) is 17.9 Å². The summed E-state index contributed by atoms with van der Waals surface area (Å²) in [4.78, 5) is 14.7. The Morgan fingerprint density at radius 1 is 1.42 bits per heavy atom. The summed E-state index contributed by atoms with van der Waals surface area (Å²) in [5, 5.41) is 4.22. The second kappa shape index (κ2) is 4.96. The molecule has 1 unspecified atom stereocenters. The molecule has 1 amide bonds. The van der Waals surface area contributed by atoms with Gasteiger partial charge in [-0.15, -0.1) is 0 Å². The van der Waals surface area contributed by atoms with Crippen molar-refractivity contribution in [3.63, 3.8) is 0 Å². The fourth-order valence-electron chi connectivity index (χ4n) is 3.60. The molecule has 4 atom stereocenters. The Balaban J connectivity index is 1.74. The molecule has 5 heteroatoms. The summed E-state index contributed by atoms with van der Waals surface area (Å²) in [6, 6.07) is 2.00. The first-order chi connectivity index (χ1) is 9.20. The van der Waals surface area contributed by atoms with Crippen molar-refractivity contribution < 1.29 is 4.79 Å². The van der Waals surface area contributed by atoms with E-state index in [-0.39, 0.29) is 11.9 Å². The number of fused-ring (bicyclic) bond motifs is 2. The quantitative estimate of drug-likeness (QED) is 0.885. The molecular formula is C14H22N4O. The summed E-state index contributed by atoms with van der Waals surface area (Å²) < 4.78 is 1.78. The van der Waals surface area contributed by atoms with Crippen molar-refractivity contribution in [3.05, 3.63) is 18.5 Å². The number of nitrogens with two attached hydrogens (primary N) is 1. The third-order valence-corrected chi connectivity index (χ3v) is 4.73. The number of aromatic nitrogens is 2. The molecule has 19 heavy (non-hydrogen) atoms. The van der Waals surface area contributed by atoms with Gasteiger partial charge in [0.1, 0.15) is 6.04 Å². The molecule has 1 saturated carbocycles. The van der Waals surface area contributed by atoms with Crippen molar-refractivity contribution in [1.82, 2.24) is 14.7 Å². The summed E-state index contributed by atoms with van der Waals surface area (Å²) >= 11 is 0. The molecule has 2 fully saturated rings. The molecule has 2 heterocycles. The monoisotopic (exact) mass is 262 g/mol. The minimum Gasteiger partial charge on any atom is -0.340 e. The van der Waals surface area contributed by atoms with Crippen molar-refractivity contribution in [2.24, 2.45) is 17.6 Å². The maximum Gasteiger partial charge on any atom is 0.247 e. The van der Waals surface area contributed by atoms with Crippen LogP contribution in [0.5, 0.6) is 0 Å². The van der Waals surface area contributed by atoms with Crippen LogP contribution in [0.1, 0.15) is 32.2 Å². The molecule has 1 aliphatic heterocycles. The van der Waals surface area contributed by atoms with Gasteiger partial charge in [0.05, 0.1) is 0 Å². The molecule has 5 nitrogen and oxygen atoms in total. The Hall–Kier alpha value is -1.36. The van der Waals surface area contributed by atoms with Crippen LogP contribution in [-0.2, 0) is 4.79 Å². The number of carbonyl (C=O) groups excluding carboxylic acids is 1. The highest BCUT2D eigenvalue weighted by atomic mass is 16.2. The lowest BCUT2D eigenvalue weighted by Crippen LogP contribution is -2.52. The summed E-state index contributed by atoms with van der Waals surface area (Å²) in [6.45, 7) is 3.69. The number of likely N-dealkylation sites (tertiary alicyclic amines) is 1. The van der Waals surface area contributed by atoms with Gasteiger partial charge in [-0.2, -0.15) is 5.10 Å². The predicted molar refractivity (Wildman–Crippen MR) is 72.3 cm³/mol. The standard InChI is InChI=1S/C14H22N4O/c1-2-12(18-7-3-6-16-18)14(19)17-8-10-4-5-11(9-17)13(10)15/h3,6-7,10-13H,2,4-5,8-9,15H2,1H3/t10-,11+,12-,13?/m0/s1. The number of nitrogens with zero attached hydrogens (tertiary/aromatic N) is 3. The van der Waals surface area contributed by atoms with E-state index in [9.17, 15) is 4.79 Å². The minimum absolute atomic E-state index is 0.163. The summed E-state index contributed by atoms with van der Waals surface area (Å²) in [5.41, 5.74) is 6.19. The molecule has 1 aromatic rings. The minimum atomic E-state index is -0.163. The first-order valence-electron chi connectivity index (χ1n) is 7.24. The molecule has 1 aromatic heterocycles. The average molecular weight is 262 g/mol. The van der Waals surface area contributed by atoms with E-state index in [4.69, 9.17) is 5.73 Å². The maximum atomic E-state index is 12.7. The van der Waals surface area contributed by atoms with Crippen molar-refractivity contribution >= 4 is 5.91 Å². The summed E-state index contributed by atoms with van der Waals surface area (Å²) in [7, 11) is 0. The van der Waals surface area contributed by atoms with Gasteiger partial charge < -0.3 is 10.6 Å². The number of hydrogen-bond donors (Lipinski definition) is 1. The van der Waals surface area contributed by atoms with Gasteiger partial charge in [-0.25, -0.2) is 0 Å². The van der Waals surface area contributed by atoms with E-state index in [1.807, 2.05) is 24.1 Å². The van der Waals surface area contributed by atoms with Gasteiger partial charge in [-0.3, -0.25) is 9.48 Å². The highest BCUT2D eigenvalue weighted by molar-refractivity contribution is 5.80. The van der Waals surface area contributed by atoms with Crippen LogP contribution in [0, 0.1) is 11.8 Å². The summed E-state index contributed by atoms with van der Waals surface area (Å²) in [5.74, 6) is 1.20. The van der Waals surface area contributed by atoms with Crippen molar-refractivity contribution in [2.75, 3.05) is 13.1 Å². The first kappa shape index (κ1) is 12.7. The predicted octanol–water partition coefficient (Wildman–Crippen LogP) is 1.03. The third-order valence-electron chi connectivity index (χ3n) is 4.73. The molecule has 104 valence electrons. The molecular weight excluding hydrogens is 240 g/mol. The zero-order chi connectivity index (χ0) is 13.4. The van der Waals surface area contributed by atoms with Crippen LogP contribution in [0.15, 0.2) is 18.5 Å². The van der Waals surface area contributed by atoms with Crippen LogP contribution in [0.3, 0.4) is 0 Å². The highest BCUT2D eigenvalue weighted by Gasteiger charge is 2.42. The molecule has 0 radical (unpaired) electrons. The number of amides is 1. The van der Waals surface area contributed by atoms with Gasteiger partial charge in [0, 0.05) is 31.5 Å². The first-order valence-corrected chi connectivity index (χ1v) is 7.24. The highest BCUT2D eigenvalue weighted by Crippen LogP contribution is 2.36. The SMILES string of the molecule is CC[C@@H](C(=O)N1C[C@H]2CC[C@@H](C1)C2N)n1cccn1. The number of rotatable bonds is 3. The molecule has 1 saturated heterocycles. The number of hydrogen-bond acceptors (Lipinski definition) is 3. The Morgan fingerprint density at radius 2 is 2.11 bits per heavy atom. The zero-order valence-electron chi connectivity index (χ0n) is 11.4. The molecule has 1 aliphatic carbocycles. The van der Waals surface area contributed by atoms with Crippen molar-refractivity contribution in [1.29, 1.82) is 0 Å². The van der Waals surface area contributed by atoms with E-state index < -0.39 is 0 Å². The van der Waals surface area contributed by atoms with E-state index in [1.165, 1.54) is 12.8 Å². The molecule has 3 rings (SSSR count). The van der Waals surface area contributed by atoms with Crippen LogP contribution in [-0.4, -0.2) is 39.7 Å². The fourth-order valence-corrected chi connectivity index (χ4v) is 3.60.